The van der Waals surface area contributed by atoms with Crippen LogP contribution in [0.3, 0.4) is 0 Å². The van der Waals surface area contributed by atoms with Crippen LogP contribution >= 0.6 is 0 Å². The summed E-state index contributed by atoms with van der Waals surface area (Å²) in [6.45, 7) is 8.18. The van der Waals surface area contributed by atoms with Gasteiger partial charge in [-0.05, 0) is 33.1 Å². The van der Waals surface area contributed by atoms with Crippen molar-refractivity contribution in [3.63, 3.8) is 0 Å². The Labute approximate surface area is 115 Å². The molecule has 0 amide bonds. The largest absolute Gasteiger partial charge is 0.465 e. The van der Waals surface area contributed by atoms with Crippen molar-refractivity contribution in [3.8, 4) is 0 Å². The van der Waals surface area contributed by atoms with Crippen LogP contribution in [0.25, 0.3) is 0 Å². The van der Waals surface area contributed by atoms with Gasteiger partial charge in [0.1, 0.15) is 11.5 Å². The highest BCUT2D eigenvalue weighted by atomic mass is 16.8. The van der Waals surface area contributed by atoms with Crippen LogP contribution in [0, 0.1) is 5.41 Å². The number of hydrogen-bond donors (Lipinski definition) is 0. The third kappa shape index (κ3) is 2.32. The molecular weight excluding hydrogens is 244 g/mol. The third-order valence-corrected chi connectivity index (χ3v) is 4.26. The van der Waals surface area contributed by atoms with E-state index < -0.39 is 11.2 Å². The third-order valence-electron chi connectivity index (χ3n) is 4.26. The lowest BCUT2D eigenvalue weighted by atomic mass is 9.77. The summed E-state index contributed by atoms with van der Waals surface area (Å²) in [6, 6.07) is 0. The average Bonchev–Trinajstić information content (AvgIpc) is 2.80. The van der Waals surface area contributed by atoms with Gasteiger partial charge in [0.2, 0.25) is 0 Å². The summed E-state index contributed by atoms with van der Waals surface area (Å²) in [6.07, 6.45) is 5.97. The van der Waals surface area contributed by atoms with E-state index in [4.69, 9.17) is 14.2 Å². The molecule has 0 N–H and O–H groups in total. The smallest absolute Gasteiger partial charge is 0.318 e. The number of fused-ring (bicyclic) bond motifs is 1. The molecule has 108 valence electrons. The second kappa shape index (κ2) is 5.25. The van der Waals surface area contributed by atoms with E-state index in [9.17, 15) is 4.79 Å². The zero-order chi connectivity index (χ0) is 14.1. The molecule has 4 nitrogen and oxygen atoms in total. The first-order valence-electron chi connectivity index (χ1n) is 7.22. The molecule has 1 aliphatic heterocycles. The molecule has 0 saturated carbocycles. The fraction of sp³-hybridized carbons (Fsp3) is 0.800. The molecule has 1 unspecified atom stereocenters. The predicted octanol–water partition coefficient (Wildman–Crippen LogP) is 2.82. The van der Waals surface area contributed by atoms with Crippen molar-refractivity contribution in [1.82, 2.24) is 0 Å². The molecule has 4 heteroatoms. The Kier molecular flexibility index (Phi) is 4.02. The summed E-state index contributed by atoms with van der Waals surface area (Å²) in [5, 5.41) is 0. The minimum Gasteiger partial charge on any atom is -0.465 e. The van der Waals surface area contributed by atoms with Crippen molar-refractivity contribution in [1.29, 1.82) is 0 Å². The summed E-state index contributed by atoms with van der Waals surface area (Å²) in [5.74, 6) is -0.776. The SMILES string of the molecule is CCOC(=O)C1(C)C=CC[C@@H]2OC(CC)(CC)O[C@@H]21. The summed E-state index contributed by atoms with van der Waals surface area (Å²) in [5.41, 5.74) is -0.745. The lowest BCUT2D eigenvalue weighted by Crippen LogP contribution is -2.47. The first-order chi connectivity index (χ1) is 9.01. The van der Waals surface area contributed by atoms with Gasteiger partial charge in [0.05, 0.1) is 12.7 Å². The van der Waals surface area contributed by atoms with Crippen LogP contribution in [0.1, 0.15) is 47.0 Å². The number of ether oxygens (including phenoxy) is 3. The maximum absolute atomic E-state index is 12.2. The van der Waals surface area contributed by atoms with Gasteiger partial charge in [-0.2, -0.15) is 0 Å². The van der Waals surface area contributed by atoms with E-state index in [1.165, 1.54) is 0 Å². The highest BCUT2D eigenvalue weighted by Crippen LogP contribution is 2.46. The van der Waals surface area contributed by atoms with E-state index in [2.05, 4.69) is 13.8 Å². The Morgan fingerprint density at radius 1 is 1.32 bits per heavy atom. The van der Waals surface area contributed by atoms with E-state index in [1.54, 1.807) is 0 Å². The number of carbonyl (C=O) groups is 1. The molecule has 19 heavy (non-hydrogen) atoms. The molecule has 1 saturated heterocycles. The average molecular weight is 268 g/mol. The summed E-state index contributed by atoms with van der Waals surface area (Å²) < 4.78 is 17.5. The van der Waals surface area contributed by atoms with Crippen LogP contribution in [-0.4, -0.2) is 30.6 Å². The Bertz CT molecular complexity index is 372. The molecule has 1 heterocycles. The molecular formula is C15H24O4. The molecule has 1 fully saturated rings. The fourth-order valence-corrected chi connectivity index (χ4v) is 2.95. The summed E-state index contributed by atoms with van der Waals surface area (Å²) >= 11 is 0. The molecule has 0 aromatic heterocycles. The van der Waals surface area contributed by atoms with Crippen LogP contribution < -0.4 is 0 Å². The second-order valence-corrected chi connectivity index (χ2v) is 5.45. The minimum absolute atomic E-state index is 0.0562. The molecule has 1 aliphatic carbocycles. The van der Waals surface area contributed by atoms with Gasteiger partial charge in [0.15, 0.2) is 5.79 Å². The van der Waals surface area contributed by atoms with Crippen molar-refractivity contribution in [2.75, 3.05) is 6.61 Å². The summed E-state index contributed by atoms with van der Waals surface area (Å²) in [7, 11) is 0. The van der Waals surface area contributed by atoms with Gasteiger partial charge in [-0.3, -0.25) is 4.79 Å². The maximum Gasteiger partial charge on any atom is 0.318 e. The fourth-order valence-electron chi connectivity index (χ4n) is 2.95. The Balaban J connectivity index is 2.26. The quantitative estimate of drug-likeness (QED) is 0.581. The topological polar surface area (TPSA) is 44.8 Å². The standard InChI is InChI=1S/C15H24O4/c1-5-15(6-2)18-11-9-8-10-14(4,12(11)19-15)13(16)17-7-3/h8,10-12H,5-7,9H2,1-4H3/t11-,12-,14?/m0/s1. The van der Waals surface area contributed by atoms with Crippen LogP contribution in [0.5, 0.6) is 0 Å². The Morgan fingerprint density at radius 3 is 2.58 bits per heavy atom. The van der Waals surface area contributed by atoms with Gasteiger partial charge in [0, 0.05) is 0 Å². The van der Waals surface area contributed by atoms with E-state index >= 15 is 0 Å². The van der Waals surface area contributed by atoms with E-state index in [1.807, 2.05) is 26.0 Å². The van der Waals surface area contributed by atoms with Gasteiger partial charge >= 0.3 is 5.97 Å². The monoisotopic (exact) mass is 268 g/mol. The highest BCUT2D eigenvalue weighted by Gasteiger charge is 2.56. The molecule has 0 spiro atoms. The lowest BCUT2D eigenvalue weighted by Gasteiger charge is -2.35. The molecule has 3 atom stereocenters. The number of carbonyl (C=O) groups excluding carboxylic acids is 1. The Morgan fingerprint density at radius 2 is 2.00 bits per heavy atom. The van der Waals surface area contributed by atoms with E-state index in [0.717, 1.165) is 19.3 Å². The lowest BCUT2D eigenvalue weighted by molar-refractivity contribution is -0.189. The van der Waals surface area contributed by atoms with Gasteiger partial charge in [0.25, 0.3) is 0 Å². The Hall–Kier alpha value is -0.870. The van der Waals surface area contributed by atoms with Crippen LogP contribution in [0.15, 0.2) is 12.2 Å². The van der Waals surface area contributed by atoms with Gasteiger partial charge in [-0.15, -0.1) is 0 Å². The molecule has 0 bridgehead atoms. The van der Waals surface area contributed by atoms with Crippen LogP contribution in [-0.2, 0) is 19.0 Å². The van der Waals surface area contributed by atoms with Crippen molar-refractivity contribution >= 4 is 5.97 Å². The van der Waals surface area contributed by atoms with Crippen molar-refractivity contribution in [3.05, 3.63) is 12.2 Å². The zero-order valence-corrected chi connectivity index (χ0v) is 12.3. The number of hydrogen-bond acceptors (Lipinski definition) is 4. The van der Waals surface area contributed by atoms with Gasteiger partial charge in [-0.25, -0.2) is 0 Å². The van der Waals surface area contributed by atoms with Gasteiger partial charge in [-0.1, -0.05) is 26.0 Å². The maximum atomic E-state index is 12.2. The van der Waals surface area contributed by atoms with Crippen molar-refractivity contribution < 1.29 is 19.0 Å². The summed E-state index contributed by atoms with van der Waals surface area (Å²) in [4.78, 5) is 12.2. The number of esters is 1. The molecule has 0 aromatic carbocycles. The molecule has 0 radical (unpaired) electrons. The first kappa shape index (κ1) is 14.5. The van der Waals surface area contributed by atoms with Crippen LogP contribution in [0.4, 0.5) is 0 Å². The van der Waals surface area contributed by atoms with E-state index in [0.29, 0.717) is 6.61 Å². The van der Waals surface area contributed by atoms with Crippen molar-refractivity contribution in [2.45, 2.75) is 65.0 Å². The first-order valence-corrected chi connectivity index (χ1v) is 7.22. The van der Waals surface area contributed by atoms with Crippen LogP contribution in [0.2, 0.25) is 0 Å². The zero-order valence-electron chi connectivity index (χ0n) is 12.3. The van der Waals surface area contributed by atoms with Crippen molar-refractivity contribution in [2.24, 2.45) is 5.41 Å². The normalized spacial score (nSPS) is 36.0. The minimum atomic E-state index is -0.745. The molecule has 2 rings (SSSR count). The number of rotatable bonds is 4. The molecule has 0 aromatic rings. The second-order valence-electron chi connectivity index (χ2n) is 5.45. The highest BCUT2D eigenvalue weighted by molar-refractivity contribution is 5.80. The van der Waals surface area contributed by atoms with E-state index in [-0.39, 0.29) is 18.2 Å². The van der Waals surface area contributed by atoms with Gasteiger partial charge < -0.3 is 14.2 Å². The molecule has 2 aliphatic rings. The predicted molar refractivity (Wildman–Crippen MR) is 71.6 cm³/mol.